The highest BCUT2D eigenvalue weighted by Gasteiger charge is 2.16. The van der Waals surface area contributed by atoms with Gasteiger partial charge < -0.3 is 9.80 Å². The van der Waals surface area contributed by atoms with E-state index < -0.39 is 0 Å². The van der Waals surface area contributed by atoms with Gasteiger partial charge in [-0.05, 0) is 31.9 Å². The van der Waals surface area contributed by atoms with E-state index in [1.807, 2.05) is 13.8 Å². The first kappa shape index (κ1) is 17.1. The molecule has 0 atom stereocenters. The second-order valence-electron chi connectivity index (χ2n) is 4.91. The predicted molar refractivity (Wildman–Crippen MR) is 80.3 cm³/mol. The molecule has 0 N–H and O–H groups in total. The molecule has 0 saturated heterocycles. The lowest BCUT2D eigenvalue weighted by Gasteiger charge is -2.23. The molecule has 0 aliphatic heterocycles. The summed E-state index contributed by atoms with van der Waals surface area (Å²) in [4.78, 5) is 27.0. The monoisotopic (exact) mass is 294 g/mol. The molecule has 0 aromatic heterocycles. The molecule has 2 amide bonds. The van der Waals surface area contributed by atoms with Crippen LogP contribution in [0.1, 0.15) is 25.8 Å². The fourth-order valence-electron chi connectivity index (χ4n) is 2.10. The number of aryl methyl sites for hydroxylation is 1. The Morgan fingerprint density at radius 3 is 2.29 bits per heavy atom. The van der Waals surface area contributed by atoms with E-state index in [1.165, 1.54) is 11.0 Å². The van der Waals surface area contributed by atoms with Crippen LogP contribution in [0.3, 0.4) is 0 Å². The van der Waals surface area contributed by atoms with Crippen molar-refractivity contribution in [2.45, 2.75) is 26.7 Å². The molecule has 1 rings (SSSR count). The van der Waals surface area contributed by atoms with Gasteiger partial charge in [0.2, 0.25) is 11.8 Å². The molecule has 4 nitrogen and oxygen atoms in total. The van der Waals surface area contributed by atoms with Crippen LogP contribution in [-0.4, -0.2) is 48.3 Å². The second-order valence-corrected chi connectivity index (χ2v) is 4.91. The Kier molecular flexibility index (Phi) is 6.85. The standard InChI is InChI=1S/C16H23FN2O2/c1-4-19(5-2)16(21)12-18(3)15(20)11-10-13-8-6-7-9-14(13)17/h6-9H,4-5,10-12H2,1-3H3. The number of amides is 2. The van der Waals surface area contributed by atoms with Crippen molar-refractivity contribution in [1.29, 1.82) is 0 Å². The van der Waals surface area contributed by atoms with Crippen molar-refractivity contribution in [2.24, 2.45) is 0 Å². The van der Waals surface area contributed by atoms with E-state index in [2.05, 4.69) is 0 Å². The summed E-state index contributed by atoms with van der Waals surface area (Å²) in [5.74, 6) is -0.521. The summed E-state index contributed by atoms with van der Waals surface area (Å²) >= 11 is 0. The largest absolute Gasteiger partial charge is 0.342 e. The number of halogens is 1. The van der Waals surface area contributed by atoms with Gasteiger partial charge in [0.25, 0.3) is 0 Å². The van der Waals surface area contributed by atoms with Crippen LogP contribution >= 0.6 is 0 Å². The number of rotatable bonds is 7. The Bertz CT molecular complexity index is 487. The first-order valence-corrected chi connectivity index (χ1v) is 7.24. The van der Waals surface area contributed by atoms with Gasteiger partial charge in [-0.3, -0.25) is 9.59 Å². The number of nitrogens with zero attached hydrogens (tertiary/aromatic N) is 2. The van der Waals surface area contributed by atoms with Crippen LogP contribution in [0, 0.1) is 5.82 Å². The van der Waals surface area contributed by atoms with Gasteiger partial charge in [0.05, 0.1) is 6.54 Å². The zero-order valence-electron chi connectivity index (χ0n) is 12.9. The van der Waals surface area contributed by atoms with Gasteiger partial charge in [0.1, 0.15) is 5.82 Å². The van der Waals surface area contributed by atoms with Crippen molar-refractivity contribution in [2.75, 3.05) is 26.7 Å². The van der Waals surface area contributed by atoms with Gasteiger partial charge in [-0.15, -0.1) is 0 Å². The van der Waals surface area contributed by atoms with E-state index in [0.29, 0.717) is 25.1 Å². The molecule has 0 aliphatic rings. The molecule has 0 fully saturated rings. The van der Waals surface area contributed by atoms with Crippen LogP contribution in [0.2, 0.25) is 0 Å². The normalized spacial score (nSPS) is 10.3. The molecule has 0 radical (unpaired) electrons. The topological polar surface area (TPSA) is 40.6 Å². The molecule has 0 unspecified atom stereocenters. The van der Waals surface area contributed by atoms with Crippen molar-refractivity contribution in [3.63, 3.8) is 0 Å². The van der Waals surface area contributed by atoms with Crippen molar-refractivity contribution in [3.05, 3.63) is 35.6 Å². The molecule has 116 valence electrons. The van der Waals surface area contributed by atoms with Crippen LogP contribution < -0.4 is 0 Å². The molecule has 0 spiro atoms. The summed E-state index contributed by atoms with van der Waals surface area (Å²) in [6.07, 6.45) is 0.540. The molecular weight excluding hydrogens is 271 g/mol. The van der Waals surface area contributed by atoms with E-state index in [9.17, 15) is 14.0 Å². The zero-order chi connectivity index (χ0) is 15.8. The lowest BCUT2D eigenvalue weighted by molar-refractivity contribution is -0.139. The van der Waals surface area contributed by atoms with Crippen molar-refractivity contribution >= 4 is 11.8 Å². The number of hydrogen-bond acceptors (Lipinski definition) is 2. The zero-order valence-corrected chi connectivity index (χ0v) is 12.9. The quantitative estimate of drug-likeness (QED) is 0.772. The van der Waals surface area contributed by atoms with E-state index in [1.54, 1.807) is 30.1 Å². The third-order valence-corrected chi connectivity index (χ3v) is 3.48. The van der Waals surface area contributed by atoms with E-state index in [0.717, 1.165) is 0 Å². The predicted octanol–water partition coefficient (Wildman–Crippen LogP) is 2.09. The van der Waals surface area contributed by atoms with Crippen LogP contribution in [-0.2, 0) is 16.0 Å². The van der Waals surface area contributed by atoms with Gasteiger partial charge >= 0.3 is 0 Å². The van der Waals surface area contributed by atoms with Gasteiger partial charge in [-0.2, -0.15) is 0 Å². The number of carbonyl (C=O) groups excluding carboxylic acids is 2. The molecule has 1 aromatic rings. The third-order valence-electron chi connectivity index (χ3n) is 3.48. The Hall–Kier alpha value is -1.91. The maximum Gasteiger partial charge on any atom is 0.242 e. The van der Waals surface area contributed by atoms with Crippen molar-refractivity contribution in [3.8, 4) is 0 Å². The van der Waals surface area contributed by atoms with E-state index in [-0.39, 0.29) is 30.6 Å². The lowest BCUT2D eigenvalue weighted by atomic mass is 10.1. The fraction of sp³-hybridized carbons (Fsp3) is 0.500. The van der Waals surface area contributed by atoms with Gasteiger partial charge in [-0.25, -0.2) is 4.39 Å². The highest BCUT2D eigenvalue weighted by atomic mass is 19.1. The molecule has 5 heteroatoms. The molecule has 0 heterocycles. The molecule has 1 aromatic carbocycles. The van der Waals surface area contributed by atoms with Crippen molar-refractivity contribution < 1.29 is 14.0 Å². The minimum atomic E-state index is -0.299. The summed E-state index contributed by atoms with van der Waals surface area (Å²) in [5, 5.41) is 0. The van der Waals surface area contributed by atoms with Gasteiger partial charge in [0, 0.05) is 26.6 Å². The Morgan fingerprint density at radius 2 is 1.71 bits per heavy atom. The first-order valence-electron chi connectivity index (χ1n) is 7.24. The first-order chi connectivity index (χ1) is 9.99. The van der Waals surface area contributed by atoms with Crippen molar-refractivity contribution in [1.82, 2.24) is 9.80 Å². The maximum atomic E-state index is 13.5. The lowest BCUT2D eigenvalue weighted by Crippen LogP contribution is -2.41. The van der Waals surface area contributed by atoms with Crippen LogP contribution in [0.15, 0.2) is 24.3 Å². The minimum absolute atomic E-state index is 0.0672. The Morgan fingerprint density at radius 1 is 1.10 bits per heavy atom. The summed E-state index contributed by atoms with van der Waals surface area (Å²) in [6.45, 7) is 5.14. The summed E-state index contributed by atoms with van der Waals surface area (Å²) < 4.78 is 13.5. The second kappa shape index (κ2) is 8.39. The number of carbonyl (C=O) groups is 2. The van der Waals surface area contributed by atoms with Gasteiger partial charge in [0.15, 0.2) is 0 Å². The molecule has 21 heavy (non-hydrogen) atoms. The van der Waals surface area contributed by atoms with Gasteiger partial charge in [-0.1, -0.05) is 18.2 Å². The van der Waals surface area contributed by atoms with Crippen LogP contribution in [0.5, 0.6) is 0 Å². The van der Waals surface area contributed by atoms with Crippen LogP contribution in [0.25, 0.3) is 0 Å². The SMILES string of the molecule is CCN(CC)C(=O)CN(C)C(=O)CCc1ccccc1F. The summed E-state index contributed by atoms with van der Waals surface area (Å²) in [6, 6.07) is 6.42. The third kappa shape index (κ3) is 5.17. The highest BCUT2D eigenvalue weighted by molar-refractivity contribution is 5.84. The summed E-state index contributed by atoms with van der Waals surface area (Å²) in [5.41, 5.74) is 0.523. The minimum Gasteiger partial charge on any atom is -0.342 e. The van der Waals surface area contributed by atoms with E-state index in [4.69, 9.17) is 0 Å². The smallest absolute Gasteiger partial charge is 0.242 e. The average Bonchev–Trinajstić information content (AvgIpc) is 2.47. The average molecular weight is 294 g/mol. The molecule has 0 bridgehead atoms. The molecule has 0 saturated carbocycles. The van der Waals surface area contributed by atoms with E-state index >= 15 is 0 Å². The Balaban J connectivity index is 2.48. The number of benzene rings is 1. The van der Waals surface area contributed by atoms with Crippen LogP contribution in [0.4, 0.5) is 4.39 Å². The maximum absolute atomic E-state index is 13.5. The summed E-state index contributed by atoms with van der Waals surface area (Å²) in [7, 11) is 1.60. The molecular formula is C16H23FN2O2. The number of likely N-dealkylation sites (N-methyl/N-ethyl adjacent to an activating group) is 2. The number of hydrogen-bond donors (Lipinski definition) is 0. The highest BCUT2D eigenvalue weighted by Crippen LogP contribution is 2.09. The molecule has 0 aliphatic carbocycles. The Labute approximate surface area is 125 Å². The fourth-order valence-corrected chi connectivity index (χ4v) is 2.10.